The van der Waals surface area contributed by atoms with Gasteiger partial charge in [-0.15, -0.1) is 0 Å². The van der Waals surface area contributed by atoms with Gasteiger partial charge in [-0.25, -0.2) is 8.78 Å². The van der Waals surface area contributed by atoms with E-state index in [1.807, 2.05) is 24.3 Å². The summed E-state index contributed by atoms with van der Waals surface area (Å²) in [7, 11) is -0.707. The van der Waals surface area contributed by atoms with Crippen molar-refractivity contribution in [3.05, 3.63) is 143 Å². The van der Waals surface area contributed by atoms with Crippen molar-refractivity contribution in [1.82, 2.24) is 0 Å². The largest absolute Gasteiger partial charge is 0.381 e. The van der Waals surface area contributed by atoms with Gasteiger partial charge in [0, 0.05) is 61.8 Å². The van der Waals surface area contributed by atoms with Crippen LogP contribution in [0.5, 0.6) is 0 Å². The molecule has 4 aromatic rings. The van der Waals surface area contributed by atoms with E-state index in [9.17, 15) is 13.0 Å². The summed E-state index contributed by atoms with van der Waals surface area (Å²) >= 11 is 0. The van der Waals surface area contributed by atoms with Crippen LogP contribution in [0.2, 0.25) is 0 Å². The molecule has 0 saturated carbocycles. The highest BCUT2D eigenvalue weighted by atomic mass is 32.2. The smallest absolute Gasteiger partial charge is 0.245 e. The van der Waals surface area contributed by atoms with Gasteiger partial charge in [-0.2, -0.15) is 0 Å². The van der Waals surface area contributed by atoms with Crippen molar-refractivity contribution >= 4 is 10.8 Å². The molecule has 0 aliphatic carbocycles. The number of halogens is 2. The summed E-state index contributed by atoms with van der Waals surface area (Å²) in [4.78, 5) is 0. The van der Waals surface area contributed by atoms with E-state index in [0.29, 0.717) is 58.1 Å². The van der Waals surface area contributed by atoms with E-state index in [1.54, 1.807) is 0 Å². The van der Waals surface area contributed by atoms with Crippen LogP contribution in [0.4, 0.5) is 8.78 Å². The van der Waals surface area contributed by atoms with Gasteiger partial charge in [0.05, 0.1) is 58.0 Å². The standard InChI is InChI=1S/C36H58O2.C32H58O3S.C32H58O2.C23H46F2O/c1-31(2)19-12-8-6-7-9-13-20-32-24-18-25-33(27-32)21-16-11-17-26-37-30-35(28-36(3,4)5)38-29-34-22-14-10-15-23-34;1-29(2)20-15-12-10-8-6-7-9-11-13-18-24-36(33)25-19-23-34-28-31(26-32(3,4)5)35-27-30-21-16-14-17-22-30;1-5-6-7-8-9-10-11-12-13-14-15-16-17-18-19-23-26-33-29-31(27-32(2,3)4)34-28-30-24-21-20-22-25-30;1-22(2,3)18-14-10-8-6-5-7-9-12-16-20-26-21-17-13-11-15-19-23(4,24)25/h10,14-15,18,22-25,27,31,35H,6-9,11-13,16-17,19-21,26,28-30H2,1-5H3;14,16-17,21-22,29,31H,6-13,15,18-20,23-28H2,1-5H3;20-22,24-25,31H,5-19,23,26-29H2,1-4H3;5-21H2,1-4H3. The SMILES string of the molecule is CC(C)(C)CCCCCCCCCCCOCCCCCCC(C)(F)F.CC(C)CCCCCCCCCCCCS(=O)CCCOCC(CC(C)(C)C)OCc1ccccc1.CC(C)CCCCCCCCc1cccc(CCCCCOCC(CC(C)(C)C)OCc2ccccc2)c1.CCCCCCCCCCCCCCCCCCOCC(CC(C)(C)C)OCc1ccccc1. The Morgan fingerprint density at radius 3 is 0.828 bits per heavy atom. The monoisotopic (exact) mass is 1900 g/mol. The van der Waals surface area contributed by atoms with Crippen molar-refractivity contribution in [2.45, 2.75) is 541 Å². The van der Waals surface area contributed by atoms with Gasteiger partial charge in [0.25, 0.3) is 0 Å². The van der Waals surface area contributed by atoms with Crippen molar-refractivity contribution in [1.29, 1.82) is 0 Å². The van der Waals surface area contributed by atoms with Crippen molar-refractivity contribution in [2.75, 3.05) is 64.4 Å². The molecule has 4 aromatic carbocycles. The topological polar surface area (TPSA) is 81.7 Å². The first-order valence-corrected chi connectivity index (χ1v) is 57.9. The van der Waals surface area contributed by atoms with Crippen molar-refractivity contribution in [3.63, 3.8) is 0 Å². The van der Waals surface area contributed by atoms with E-state index in [0.717, 1.165) is 121 Å². The molecule has 0 aliphatic heterocycles. The number of benzene rings is 4. The normalized spacial score (nSPS) is 13.1. The Kier molecular flexibility index (Phi) is 83.9. The molecule has 0 aliphatic rings. The van der Waals surface area contributed by atoms with Crippen LogP contribution in [-0.2, 0) is 76.6 Å². The van der Waals surface area contributed by atoms with Crippen LogP contribution in [0.25, 0.3) is 0 Å². The maximum absolute atomic E-state index is 12.6. The lowest BCUT2D eigenvalue weighted by molar-refractivity contribution is -0.0430. The number of unbranched alkanes of at least 4 members (excludes halogenated alkanes) is 42. The first-order valence-electron chi connectivity index (χ1n) is 56.4. The maximum Gasteiger partial charge on any atom is 0.245 e. The lowest BCUT2D eigenvalue weighted by atomic mass is 9.89. The predicted molar refractivity (Wildman–Crippen MR) is 582 cm³/mol. The molecule has 780 valence electrons. The number of hydrogen-bond acceptors (Lipinski definition) is 8. The summed E-state index contributed by atoms with van der Waals surface area (Å²) in [6.07, 6.45) is 74.2. The molecular formula is C123H220F2O8S. The van der Waals surface area contributed by atoms with Crippen LogP contribution in [0.1, 0.15) is 512 Å². The Bertz CT molecular complexity index is 3060. The Morgan fingerprint density at radius 2 is 0.522 bits per heavy atom. The van der Waals surface area contributed by atoms with Gasteiger partial charge in [0.15, 0.2) is 0 Å². The molecule has 0 radical (unpaired) electrons. The van der Waals surface area contributed by atoms with Crippen LogP contribution >= 0.6 is 0 Å². The van der Waals surface area contributed by atoms with Crippen molar-refractivity contribution in [3.8, 4) is 0 Å². The van der Waals surface area contributed by atoms with Gasteiger partial charge in [0.1, 0.15) is 0 Å². The van der Waals surface area contributed by atoms with E-state index < -0.39 is 16.7 Å². The summed E-state index contributed by atoms with van der Waals surface area (Å²) in [5.41, 5.74) is 7.84. The number of aryl methyl sites for hydroxylation is 2. The zero-order valence-electron chi connectivity index (χ0n) is 91.5. The lowest BCUT2D eigenvalue weighted by Gasteiger charge is -2.26. The molecule has 4 atom stereocenters. The highest BCUT2D eigenvalue weighted by molar-refractivity contribution is 7.84. The third-order valence-electron chi connectivity index (χ3n) is 25.2. The molecule has 8 nitrogen and oxygen atoms in total. The van der Waals surface area contributed by atoms with E-state index in [1.165, 1.54) is 323 Å². The minimum absolute atomic E-state index is 0.0186. The van der Waals surface area contributed by atoms with Crippen molar-refractivity contribution in [2.24, 2.45) is 33.5 Å². The van der Waals surface area contributed by atoms with E-state index in [-0.39, 0.29) is 41.0 Å². The van der Waals surface area contributed by atoms with Crippen LogP contribution in [-0.4, -0.2) is 92.8 Å². The summed E-state index contributed by atoms with van der Waals surface area (Å²) in [6.45, 7) is 47.9. The van der Waals surface area contributed by atoms with Crippen molar-refractivity contribution < 1.29 is 46.1 Å². The number of alkyl halides is 2. The Labute approximate surface area is 833 Å². The van der Waals surface area contributed by atoms with E-state index in [2.05, 4.69) is 209 Å². The fraction of sp³-hybridized carbons (Fsp3) is 0.805. The zero-order valence-corrected chi connectivity index (χ0v) is 92.3. The van der Waals surface area contributed by atoms with E-state index >= 15 is 0 Å². The van der Waals surface area contributed by atoms with Crippen LogP contribution in [0.15, 0.2) is 115 Å². The second-order valence-electron chi connectivity index (χ2n) is 46.0. The third kappa shape index (κ3) is 96.1. The Balaban J connectivity index is 0.000000901. The molecule has 0 amide bonds. The Morgan fingerprint density at radius 1 is 0.269 bits per heavy atom. The molecule has 4 unspecified atom stereocenters. The third-order valence-corrected chi connectivity index (χ3v) is 26.7. The Hall–Kier alpha value is -3.39. The molecule has 0 aromatic heterocycles. The van der Waals surface area contributed by atoms with Gasteiger partial charge in [-0.3, -0.25) is 4.21 Å². The van der Waals surface area contributed by atoms with Crippen LogP contribution in [0, 0.1) is 33.5 Å². The average Bonchev–Trinajstić information content (AvgIpc) is 0.918. The summed E-state index contributed by atoms with van der Waals surface area (Å²) in [6, 6.07) is 40.5. The predicted octanol–water partition coefficient (Wildman–Crippen LogP) is 38.3. The van der Waals surface area contributed by atoms with Crippen LogP contribution < -0.4 is 0 Å². The van der Waals surface area contributed by atoms with Crippen LogP contribution in [0.3, 0.4) is 0 Å². The second-order valence-corrected chi connectivity index (χ2v) is 47.7. The fourth-order valence-corrected chi connectivity index (χ4v) is 18.6. The lowest BCUT2D eigenvalue weighted by Crippen LogP contribution is -2.26. The van der Waals surface area contributed by atoms with Gasteiger partial charge in [-0.1, -0.05) is 503 Å². The molecule has 11 heteroatoms. The minimum Gasteiger partial charge on any atom is -0.381 e. The number of hydrogen-bond donors (Lipinski definition) is 0. The van der Waals surface area contributed by atoms with E-state index in [4.69, 9.17) is 33.2 Å². The minimum atomic E-state index is -2.50. The second kappa shape index (κ2) is 87.4. The van der Waals surface area contributed by atoms with Gasteiger partial charge >= 0.3 is 0 Å². The number of ether oxygens (including phenoxy) is 7. The quantitative estimate of drug-likeness (QED) is 0.0405. The molecule has 0 spiro atoms. The maximum atomic E-state index is 12.6. The highest BCUT2D eigenvalue weighted by Crippen LogP contribution is 2.30. The fourth-order valence-electron chi connectivity index (χ4n) is 17.4. The molecule has 0 fully saturated rings. The summed E-state index contributed by atoms with van der Waals surface area (Å²) in [5.74, 6) is 0.823. The molecule has 0 saturated heterocycles. The molecule has 134 heavy (non-hydrogen) atoms. The molecule has 0 bridgehead atoms. The first kappa shape index (κ1) is 129. The summed E-state index contributed by atoms with van der Waals surface area (Å²) < 4.78 is 79.9. The molecular weight excluding hydrogens is 1680 g/mol. The molecule has 0 heterocycles. The zero-order chi connectivity index (χ0) is 98.4. The molecule has 4 rings (SSSR count). The highest BCUT2D eigenvalue weighted by Gasteiger charge is 2.24. The average molecular weight is 1900 g/mol. The van der Waals surface area contributed by atoms with Gasteiger partial charge < -0.3 is 33.2 Å². The molecule has 0 N–H and O–H groups in total. The summed E-state index contributed by atoms with van der Waals surface area (Å²) in [5, 5.41) is 0. The first-order chi connectivity index (χ1) is 64.3. The number of rotatable bonds is 85. The van der Waals surface area contributed by atoms with Gasteiger partial charge in [-0.05, 0) is 165 Å². The van der Waals surface area contributed by atoms with Gasteiger partial charge in [0.2, 0.25) is 5.92 Å².